The first-order valence-electron chi connectivity index (χ1n) is 10.4. The molecule has 0 spiro atoms. The molecule has 6 nitrogen and oxygen atoms in total. The van der Waals surface area contributed by atoms with Gasteiger partial charge in [0.1, 0.15) is 5.82 Å². The molecule has 0 aliphatic carbocycles. The van der Waals surface area contributed by atoms with Crippen molar-refractivity contribution in [1.82, 2.24) is 24.8 Å². The monoisotopic (exact) mass is 396 g/mol. The third-order valence-electron chi connectivity index (χ3n) is 5.58. The molecular formula is C24H24N6. The van der Waals surface area contributed by atoms with Crippen molar-refractivity contribution in [1.29, 1.82) is 0 Å². The lowest BCUT2D eigenvalue weighted by molar-refractivity contribution is 0.198. The molecule has 0 amide bonds. The lowest BCUT2D eigenvalue weighted by Crippen LogP contribution is -2.34. The number of anilines is 2. The Bertz CT molecular complexity index is 1130. The van der Waals surface area contributed by atoms with Crippen LogP contribution < -0.4 is 5.32 Å². The van der Waals surface area contributed by atoms with E-state index >= 15 is 0 Å². The number of nitrogens with one attached hydrogen (secondary N) is 1. The van der Waals surface area contributed by atoms with Gasteiger partial charge in [0.25, 0.3) is 0 Å². The third-order valence-corrected chi connectivity index (χ3v) is 5.58. The van der Waals surface area contributed by atoms with Crippen LogP contribution in [0.4, 0.5) is 11.8 Å². The van der Waals surface area contributed by atoms with Crippen molar-refractivity contribution in [2.45, 2.75) is 25.3 Å². The minimum Gasteiger partial charge on any atom is -0.309 e. The maximum absolute atomic E-state index is 4.78. The summed E-state index contributed by atoms with van der Waals surface area (Å²) in [4.78, 5) is 20.4. The molecule has 4 heterocycles. The highest BCUT2D eigenvalue weighted by Gasteiger charge is 2.23. The van der Waals surface area contributed by atoms with Gasteiger partial charge in [-0.15, -0.1) is 0 Å². The van der Waals surface area contributed by atoms with Crippen molar-refractivity contribution < 1.29 is 0 Å². The van der Waals surface area contributed by atoms with Crippen LogP contribution in [0.1, 0.15) is 30.0 Å². The fourth-order valence-electron chi connectivity index (χ4n) is 4.13. The quantitative estimate of drug-likeness (QED) is 0.534. The van der Waals surface area contributed by atoms with Crippen LogP contribution in [-0.4, -0.2) is 37.9 Å². The predicted molar refractivity (Wildman–Crippen MR) is 119 cm³/mol. The second-order valence-electron chi connectivity index (χ2n) is 7.75. The molecule has 1 aliphatic rings. The standard InChI is InChI=1S/C24H24N6/c1-2-11-26-23(7-1)29-24-27-13-10-22(28-24)20-6-4-14-30(17-20)16-18-8-9-21-19(15-18)5-3-12-25-21/h1-3,5,7-13,15,20H,4,6,14,16-17H2,(H,26,27,28,29)/t20-/m1/s1. The highest BCUT2D eigenvalue weighted by molar-refractivity contribution is 5.78. The molecular weight excluding hydrogens is 372 g/mol. The molecule has 0 saturated carbocycles. The van der Waals surface area contributed by atoms with E-state index in [1.54, 1.807) is 6.20 Å². The second-order valence-corrected chi connectivity index (χ2v) is 7.75. The van der Waals surface area contributed by atoms with Gasteiger partial charge in [-0.05, 0) is 61.3 Å². The SMILES string of the molecule is c1ccc(Nc2nccc([C@@H]3CCCN(Cc4ccc5ncccc5c4)C3)n2)nc1. The molecule has 1 saturated heterocycles. The van der Waals surface area contributed by atoms with Gasteiger partial charge in [0, 0.05) is 43.0 Å². The second kappa shape index (κ2) is 8.55. The minimum absolute atomic E-state index is 0.410. The number of aromatic nitrogens is 4. The van der Waals surface area contributed by atoms with E-state index in [0.717, 1.165) is 43.1 Å². The van der Waals surface area contributed by atoms with Gasteiger partial charge >= 0.3 is 0 Å². The number of rotatable bonds is 5. The van der Waals surface area contributed by atoms with Crippen LogP contribution >= 0.6 is 0 Å². The summed E-state index contributed by atoms with van der Waals surface area (Å²) in [6, 6.07) is 18.5. The van der Waals surface area contributed by atoms with Crippen LogP contribution in [0.3, 0.4) is 0 Å². The van der Waals surface area contributed by atoms with Crippen LogP contribution in [-0.2, 0) is 6.54 Å². The Labute approximate surface area is 176 Å². The number of pyridine rings is 2. The number of hydrogen-bond acceptors (Lipinski definition) is 6. The third kappa shape index (κ3) is 4.28. The molecule has 5 rings (SSSR count). The normalized spacial score (nSPS) is 17.1. The van der Waals surface area contributed by atoms with Crippen LogP contribution in [0, 0.1) is 0 Å². The zero-order valence-corrected chi connectivity index (χ0v) is 16.8. The average molecular weight is 396 g/mol. The maximum Gasteiger partial charge on any atom is 0.228 e. The van der Waals surface area contributed by atoms with Gasteiger partial charge in [0.2, 0.25) is 5.95 Å². The molecule has 0 radical (unpaired) electrons. The zero-order chi connectivity index (χ0) is 20.2. The minimum atomic E-state index is 0.410. The molecule has 1 N–H and O–H groups in total. The van der Waals surface area contributed by atoms with E-state index < -0.39 is 0 Å². The molecule has 30 heavy (non-hydrogen) atoms. The van der Waals surface area contributed by atoms with E-state index in [2.05, 4.69) is 49.4 Å². The summed E-state index contributed by atoms with van der Waals surface area (Å²) in [5, 5.41) is 4.40. The first-order valence-corrected chi connectivity index (χ1v) is 10.4. The number of fused-ring (bicyclic) bond motifs is 1. The lowest BCUT2D eigenvalue weighted by Gasteiger charge is -2.32. The first-order chi connectivity index (χ1) is 14.8. The Morgan fingerprint density at radius 2 is 1.90 bits per heavy atom. The summed E-state index contributed by atoms with van der Waals surface area (Å²) < 4.78 is 0. The van der Waals surface area contributed by atoms with Gasteiger partial charge in [0.15, 0.2) is 0 Å². The van der Waals surface area contributed by atoms with Crippen molar-refractivity contribution in [2.24, 2.45) is 0 Å². The number of benzene rings is 1. The first kappa shape index (κ1) is 18.6. The van der Waals surface area contributed by atoms with E-state index in [1.165, 1.54) is 17.4 Å². The van der Waals surface area contributed by atoms with Crippen LogP contribution in [0.15, 0.2) is 73.2 Å². The van der Waals surface area contributed by atoms with Crippen LogP contribution in [0.25, 0.3) is 10.9 Å². The summed E-state index contributed by atoms with van der Waals surface area (Å²) in [6.45, 7) is 3.07. The van der Waals surface area contributed by atoms with Gasteiger partial charge < -0.3 is 5.32 Å². The summed E-state index contributed by atoms with van der Waals surface area (Å²) in [5.41, 5.74) is 3.47. The van der Waals surface area contributed by atoms with Crippen molar-refractivity contribution in [3.05, 3.63) is 84.4 Å². The molecule has 1 aliphatic heterocycles. The smallest absolute Gasteiger partial charge is 0.228 e. The van der Waals surface area contributed by atoms with E-state index in [4.69, 9.17) is 4.98 Å². The summed E-state index contributed by atoms with van der Waals surface area (Å²) in [6.07, 6.45) is 7.76. The van der Waals surface area contributed by atoms with Crippen molar-refractivity contribution >= 4 is 22.7 Å². The van der Waals surface area contributed by atoms with Gasteiger partial charge in [0.05, 0.1) is 11.2 Å². The van der Waals surface area contributed by atoms with E-state index in [0.29, 0.717) is 11.9 Å². The highest BCUT2D eigenvalue weighted by atomic mass is 15.2. The topological polar surface area (TPSA) is 66.8 Å². The Kier molecular flexibility index (Phi) is 5.31. The Morgan fingerprint density at radius 1 is 0.933 bits per heavy atom. The molecule has 1 fully saturated rings. The van der Waals surface area contributed by atoms with Crippen LogP contribution in [0.5, 0.6) is 0 Å². The summed E-state index contributed by atoms with van der Waals surface area (Å²) >= 11 is 0. The van der Waals surface area contributed by atoms with Crippen LogP contribution in [0.2, 0.25) is 0 Å². The maximum atomic E-state index is 4.78. The molecule has 150 valence electrons. The van der Waals surface area contributed by atoms with E-state index in [9.17, 15) is 0 Å². The number of piperidine rings is 1. The molecule has 0 bridgehead atoms. The van der Waals surface area contributed by atoms with Gasteiger partial charge in [-0.1, -0.05) is 18.2 Å². The average Bonchev–Trinajstić information content (AvgIpc) is 2.80. The Balaban J connectivity index is 1.28. The van der Waals surface area contributed by atoms with Crippen molar-refractivity contribution in [3.8, 4) is 0 Å². The highest BCUT2D eigenvalue weighted by Crippen LogP contribution is 2.27. The number of likely N-dealkylation sites (tertiary alicyclic amines) is 1. The molecule has 6 heteroatoms. The fraction of sp³-hybridized carbons (Fsp3) is 0.250. The molecule has 4 aromatic rings. The van der Waals surface area contributed by atoms with Gasteiger partial charge in [-0.2, -0.15) is 0 Å². The number of nitrogens with zero attached hydrogens (tertiary/aromatic N) is 5. The summed E-state index contributed by atoms with van der Waals surface area (Å²) in [5.74, 6) is 1.77. The Hall–Kier alpha value is -3.38. The van der Waals surface area contributed by atoms with Crippen molar-refractivity contribution in [2.75, 3.05) is 18.4 Å². The van der Waals surface area contributed by atoms with Gasteiger partial charge in [-0.25, -0.2) is 15.0 Å². The lowest BCUT2D eigenvalue weighted by atomic mass is 9.94. The summed E-state index contributed by atoms with van der Waals surface area (Å²) in [7, 11) is 0. The fourth-order valence-corrected chi connectivity index (χ4v) is 4.13. The van der Waals surface area contributed by atoms with Crippen molar-refractivity contribution in [3.63, 3.8) is 0 Å². The Morgan fingerprint density at radius 3 is 2.83 bits per heavy atom. The largest absolute Gasteiger partial charge is 0.309 e. The molecule has 1 aromatic carbocycles. The van der Waals surface area contributed by atoms with E-state index in [-0.39, 0.29) is 0 Å². The van der Waals surface area contributed by atoms with Gasteiger partial charge in [-0.3, -0.25) is 9.88 Å². The number of hydrogen-bond donors (Lipinski definition) is 1. The molecule has 1 atom stereocenters. The predicted octanol–water partition coefficient (Wildman–Crippen LogP) is 4.54. The molecule has 0 unspecified atom stereocenters. The van der Waals surface area contributed by atoms with E-state index in [1.807, 2.05) is 42.7 Å². The molecule has 3 aromatic heterocycles. The zero-order valence-electron chi connectivity index (χ0n) is 16.8.